The van der Waals surface area contributed by atoms with Crippen molar-refractivity contribution in [2.45, 2.75) is 13.0 Å². The molecule has 1 aromatic carbocycles. The Morgan fingerprint density at radius 1 is 1.43 bits per heavy atom. The number of benzene rings is 1. The lowest BCUT2D eigenvalue weighted by atomic mass is 10.2. The summed E-state index contributed by atoms with van der Waals surface area (Å²) in [6, 6.07) is 3.32. The molecule has 1 atom stereocenters. The highest BCUT2D eigenvalue weighted by Crippen LogP contribution is 2.31. The molecular formula is C13H18N2O6. The molecule has 0 fully saturated rings. The van der Waals surface area contributed by atoms with Gasteiger partial charge in [-0.2, -0.15) is 0 Å². The second kappa shape index (κ2) is 8.05. The van der Waals surface area contributed by atoms with Crippen molar-refractivity contribution in [1.29, 1.82) is 0 Å². The Bertz CT molecular complexity index is 505. The number of likely N-dealkylation sites (N-methyl/N-ethyl adjacent to an activating group) is 1. The average Bonchev–Trinajstić information content (AvgIpc) is 2.47. The Morgan fingerprint density at radius 2 is 2.14 bits per heavy atom. The minimum Gasteiger partial charge on any atom is -0.493 e. The van der Waals surface area contributed by atoms with Crippen LogP contribution in [0.1, 0.15) is 6.92 Å². The van der Waals surface area contributed by atoms with Crippen LogP contribution in [0.4, 0.5) is 5.69 Å². The fourth-order valence-electron chi connectivity index (χ4n) is 1.58. The van der Waals surface area contributed by atoms with Crippen LogP contribution in [-0.4, -0.2) is 44.3 Å². The number of nitro benzene ring substituents is 1. The van der Waals surface area contributed by atoms with Crippen LogP contribution in [0.2, 0.25) is 0 Å². The van der Waals surface area contributed by atoms with Gasteiger partial charge < -0.3 is 19.5 Å². The van der Waals surface area contributed by atoms with Crippen molar-refractivity contribution in [2.75, 3.05) is 27.4 Å². The predicted molar refractivity (Wildman–Crippen MR) is 74.6 cm³/mol. The van der Waals surface area contributed by atoms with E-state index in [0.29, 0.717) is 5.75 Å². The quantitative estimate of drug-likeness (QED) is 0.436. The minimum absolute atomic E-state index is 0.0349. The van der Waals surface area contributed by atoms with E-state index in [0.717, 1.165) is 0 Å². The zero-order valence-corrected chi connectivity index (χ0v) is 12.1. The van der Waals surface area contributed by atoms with Crippen LogP contribution >= 0.6 is 0 Å². The van der Waals surface area contributed by atoms with Gasteiger partial charge in [0, 0.05) is 6.07 Å². The van der Waals surface area contributed by atoms with Gasteiger partial charge in [0.2, 0.25) is 0 Å². The Kier molecular flexibility index (Phi) is 6.41. The topological polar surface area (TPSA) is 99.9 Å². The first-order valence-electron chi connectivity index (χ1n) is 6.32. The van der Waals surface area contributed by atoms with Crippen molar-refractivity contribution in [3.8, 4) is 11.5 Å². The number of hydrogen-bond donors (Lipinski definition) is 1. The van der Waals surface area contributed by atoms with Crippen molar-refractivity contribution < 1.29 is 23.9 Å². The van der Waals surface area contributed by atoms with Crippen LogP contribution in [0.25, 0.3) is 0 Å². The molecule has 116 valence electrons. The van der Waals surface area contributed by atoms with Crippen LogP contribution in [0, 0.1) is 10.1 Å². The molecule has 0 heterocycles. The molecule has 21 heavy (non-hydrogen) atoms. The zero-order valence-electron chi connectivity index (χ0n) is 12.1. The molecule has 1 rings (SSSR count). The van der Waals surface area contributed by atoms with Gasteiger partial charge in [-0.05, 0) is 20.0 Å². The summed E-state index contributed by atoms with van der Waals surface area (Å²) >= 11 is 0. The third kappa shape index (κ3) is 4.60. The summed E-state index contributed by atoms with van der Waals surface area (Å²) in [5.74, 6) is 0.0833. The zero-order chi connectivity index (χ0) is 15.8. The Balaban J connectivity index is 2.83. The Hall–Kier alpha value is -2.35. The molecule has 0 aromatic heterocycles. The van der Waals surface area contributed by atoms with Crippen molar-refractivity contribution in [3.63, 3.8) is 0 Å². The molecule has 0 radical (unpaired) electrons. The maximum absolute atomic E-state index is 11.6. The summed E-state index contributed by atoms with van der Waals surface area (Å²) in [5.41, 5.74) is -0.122. The maximum atomic E-state index is 11.6. The van der Waals surface area contributed by atoms with Crippen LogP contribution in [-0.2, 0) is 9.53 Å². The first kappa shape index (κ1) is 16.7. The third-order valence-corrected chi connectivity index (χ3v) is 2.68. The molecule has 1 N–H and O–H groups in total. The Morgan fingerprint density at radius 3 is 2.67 bits per heavy atom. The predicted octanol–water partition coefficient (Wildman–Crippen LogP) is 1.13. The highest BCUT2D eigenvalue weighted by atomic mass is 16.6. The van der Waals surface area contributed by atoms with E-state index < -0.39 is 16.9 Å². The lowest BCUT2D eigenvalue weighted by Gasteiger charge is -2.16. The van der Waals surface area contributed by atoms with E-state index in [-0.39, 0.29) is 24.7 Å². The van der Waals surface area contributed by atoms with Gasteiger partial charge in [-0.3, -0.25) is 14.9 Å². The number of rotatable bonds is 8. The number of nitro groups is 1. The fourth-order valence-corrected chi connectivity index (χ4v) is 1.58. The molecule has 0 bridgehead atoms. The molecule has 8 nitrogen and oxygen atoms in total. The van der Waals surface area contributed by atoms with Gasteiger partial charge in [-0.1, -0.05) is 0 Å². The van der Waals surface area contributed by atoms with Crippen molar-refractivity contribution in [1.82, 2.24) is 5.32 Å². The number of esters is 1. The molecule has 0 aliphatic heterocycles. The first-order valence-corrected chi connectivity index (χ1v) is 6.32. The van der Waals surface area contributed by atoms with E-state index >= 15 is 0 Å². The molecular weight excluding hydrogens is 280 g/mol. The van der Waals surface area contributed by atoms with E-state index in [1.165, 1.54) is 25.3 Å². The van der Waals surface area contributed by atoms with Gasteiger partial charge in [0.15, 0.2) is 11.5 Å². The molecule has 0 amide bonds. The first-order chi connectivity index (χ1) is 10.0. The van der Waals surface area contributed by atoms with Crippen molar-refractivity contribution in [2.24, 2.45) is 0 Å². The number of nitrogens with one attached hydrogen (secondary N) is 1. The number of hydrogen-bond acceptors (Lipinski definition) is 7. The van der Waals surface area contributed by atoms with E-state index in [9.17, 15) is 14.9 Å². The van der Waals surface area contributed by atoms with Crippen molar-refractivity contribution in [3.05, 3.63) is 28.3 Å². The monoisotopic (exact) mass is 298 g/mol. The molecule has 0 spiro atoms. The number of ether oxygens (including phenoxy) is 3. The number of nitrogens with zero attached hydrogens (tertiary/aromatic N) is 1. The standard InChI is InChI=1S/C13H18N2O6/c1-4-20-13(16)10(14-2)8-21-12-7-9(15(17)18)5-6-11(12)19-3/h5-7,10,14H,4,8H2,1-3H3. The highest BCUT2D eigenvalue weighted by molar-refractivity contribution is 5.76. The second-order valence-electron chi connectivity index (χ2n) is 4.00. The van der Waals surface area contributed by atoms with E-state index in [1.807, 2.05) is 0 Å². The average molecular weight is 298 g/mol. The van der Waals surface area contributed by atoms with Crippen LogP contribution in [0.3, 0.4) is 0 Å². The van der Waals surface area contributed by atoms with Crippen LogP contribution in [0.15, 0.2) is 18.2 Å². The van der Waals surface area contributed by atoms with E-state index in [4.69, 9.17) is 14.2 Å². The molecule has 0 saturated heterocycles. The van der Waals surface area contributed by atoms with Gasteiger partial charge in [0.25, 0.3) is 5.69 Å². The van der Waals surface area contributed by atoms with E-state index in [1.54, 1.807) is 14.0 Å². The smallest absolute Gasteiger partial charge is 0.326 e. The van der Waals surface area contributed by atoms with Gasteiger partial charge in [0.05, 0.1) is 24.7 Å². The highest BCUT2D eigenvalue weighted by Gasteiger charge is 2.20. The minimum atomic E-state index is -0.672. The lowest BCUT2D eigenvalue weighted by Crippen LogP contribution is -2.40. The summed E-state index contributed by atoms with van der Waals surface area (Å²) in [7, 11) is 3.02. The van der Waals surface area contributed by atoms with Crippen LogP contribution < -0.4 is 14.8 Å². The lowest BCUT2D eigenvalue weighted by molar-refractivity contribution is -0.385. The normalized spacial score (nSPS) is 11.6. The second-order valence-corrected chi connectivity index (χ2v) is 4.00. The summed E-state index contributed by atoms with van der Waals surface area (Å²) in [6.07, 6.45) is 0. The summed E-state index contributed by atoms with van der Waals surface area (Å²) < 4.78 is 15.4. The third-order valence-electron chi connectivity index (χ3n) is 2.68. The molecule has 1 unspecified atom stereocenters. The molecule has 8 heteroatoms. The van der Waals surface area contributed by atoms with Gasteiger partial charge in [-0.25, -0.2) is 0 Å². The summed E-state index contributed by atoms with van der Waals surface area (Å²) in [6.45, 7) is 1.93. The molecule has 0 aliphatic carbocycles. The fraction of sp³-hybridized carbons (Fsp3) is 0.462. The largest absolute Gasteiger partial charge is 0.493 e. The number of carbonyl (C=O) groups is 1. The Labute approximate surface area is 122 Å². The maximum Gasteiger partial charge on any atom is 0.326 e. The molecule has 0 aliphatic rings. The molecule has 0 saturated carbocycles. The number of methoxy groups -OCH3 is 1. The number of carbonyl (C=O) groups excluding carboxylic acids is 1. The SMILES string of the molecule is CCOC(=O)C(COc1cc([N+](=O)[O-])ccc1OC)NC. The van der Waals surface area contributed by atoms with Gasteiger partial charge in [0.1, 0.15) is 12.6 Å². The van der Waals surface area contributed by atoms with Crippen LogP contribution in [0.5, 0.6) is 11.5 Å². The van der Waals surface area contributed by atoms with E-state index in [2.05, 4.69) is 5.32 Å². The summed E-state index contributed by atoms with van der Waals surface area (Å²) in [4.78, 5) is 21.8. The van der Waals surface area contributed by atoms with Gasteiger partial charge >= 0.3 is 5.97 Å². The summed E-state index contributed by atoms with van der Waals surface area (Å²) in [5, 5.41) is 13.5. The molecule has 1 aromatic rings. The number of non-ortho nitro benzene ring substituents is 1. The van der Waals surface area contributed by atoms with Crippen molar-refractivity contribution >= 4 is 11.7 Å². The van der Waals surface area contributed by atoms with Gasteiger partial charge in [-0.15, -0.1) is 0 Å².